The Balaban J connectivity index is 1.49. The normalized spacial score (nSPS) is 16.3. The Hall–Kier alpha value is -2.84. The van der Waals surface area contributed by atoms with Crippen molar-refractivity contribution in [2.24, 2.45) is 0 Å². The zero-order valence-electron chi connectivity index (χ0n) is 14.9. The van der Waals surface area contributed by atoms with E-state index >= 15 is 0 Å². The third kappa shape index (κ3) is 4.62. The lowest BCUT2D eigenvalue weighted by Gasteiger charge is -2.18. The third-order valence-electron chi connectivity index (χ3n) is 4.72. The van der Waals surface area contributed by atoms with Crippen LogP contribution >= 0.6 is 0 Å². The van der Waals surface area contributed by atoms with E-state index in [-0.39, 0.29) is 5.91 Å². The number of amides is 1. The number of carbonyl (C=O) groups is 1. The second-order valence-corrected chi connectivity index (χ2v) is 6.50. The number of nitriles is 1. The van der Waals surface area contributed by atoms with Gasteiger partial charge in [-0.1, -0.05) is 12.1 Å². The fourth-order valence-corrected chi connectivity index (χ4v) is 3.14. The lowest BCUT2D eigenvalue weighted by molar-refractivity contribution is -0.116. The van der Waals surface area contributed by atoms with Crippen LogP contribution in [0.15, 0.2) is 48.5 Å². The molecule has 2 aromatic rings. The first kappa shape index (κ1) is 18.0. The zero-order chi connectivity index (χ0) is 18.4. The maximum absolute atomic E-state index is 12.1. The lowest BCUT2D eigenvalue weighted by Crippen LogP contribution is -2.22. The number of aryl methyl sites for hydroxylation is 1. The third-order valence-corrected chi connectivity index (χ3v) is 4.72. The highest BCUT2D eigenvalue weighted by atomic mass is 16.5. The Morgan fingerprint density at radius 2 is 1.96 bits per heavy atom. The van der Waals surface area contributed by atoms with Crippen LogP contribution in [0.4, 0.5) is 11.4 Å². The summed E-state index contributed by atoms with van der Waals surface area (Å²) in [6.07, 6.45) is 2.41. The topological polar surface area (TPSA) is 65.4 Å². The molecule has 134 valence electrons. The van der Waals surface area contributed by atoms with Gasteiger partial charge in [-0.3, -0.25) is 4.79 Å². The highest BCUT2D eigenvalue weighted by Crippen LogP contribution is 2.23. The van der Waals surface area contributed by atoms with Crippen LogP contribution < -0.4 is 10.2 Å². The lowest BCUT2D eigenvalue weighted by atomic mass is 10.1. The predicted octanol–water partition coefficient (Wildman–Crippen LogP) is 3.35. The Kier molecular flexibility index (Phi) is 5.88. The molecule has 1 aliphatic heterocycles. The second-order valence-electron chi connectivity index (χ2n) is 6.50. The summed E-state index contributed by atoms with van der Waals surface area (Å²) in [4.78, 5) is 14.4. The fraction of sp³-hybridized carbons (Fsp3) is 0.333. The van der Waals surface area contributed by atoms with E-state index in [1.807, 2.05) is 36.4 Å². The van der Waals surface area contributed by atoms with Crippen molar-refractivity contribution in [2.75, 3.05) is 30.4 Å². The quantitative estimate of drug-likeness (QED) is 0.868. The van der Waals surface area contributed by atoms with Crippen LogP contribution in [-0.4, -0.2) is 32.2 Å². The molecule has 1 unspecified atom stereocenters. The molecule has 0 aromatic heterocycles. The number of nitrogens with one attached hydrogen (secondary N) is 1. The maximum atomic E-state index is 12.1. The van der Waals surface area contributed by atoms with Gasteiger partial charge in [0.05, 0.1) is 17.7 Å². The van der Waals surface area contributed by atoms with Gasteiger partial charge in [-0.25, -0.2) is 0 Å². The summed E-state index contributed by atoms with van der Waals surface area (Å²) < 4.78 is 5.40. The number of carbonyl (C=O) groups excluding carboxylic acids is 1. The highest BCUT2D eigenvalue weighted by molar-refractivity contribution is 5.91. The number of ether oxygens (including phenoxy) is 1. The molecule has 1 heterocycles. The number of hydrogen-bond acceptors (Lipinski definition) is 4. The van der Waals surface area contributed by atoms with Crippen LogP contribution in [0.3, 0.4) is 0 Å². The molecule has 2 aromatic carbocycles. The molecule has 1 fully saturated rings. The van der Waals surface area contributed by atoms with Gasteiger partial charge < -0.3 is 15.0 Å². The van der Waals surface area contributed by atoms with Crippen molar-refractivity contribution in [1.82, 2.24) is 0 Å². The largest absolute Gasteiger partial charge is 0.380 e. The van der Waals surface area contributed by atoms with Gasteiger partial charge in [0.15, 0.2) is 0 Å². The zero-order valence-corrected chi connectivity index (χ0v) is 14.9. The smallest absolute Gasteiger partial charge is 0.224 e. The van der Waals surface area contributed by atoms with E-state index in [1.54, 1.807) is 19.2 Å². The van der Waals surface area contributed by atoms with Crippen molar-refractivity contribution in [3.8, 4) is 6.07 Å². The molecule has 1 N–H and O–H groups in total. The first-order chi connectivity index (χ1) is 12.7. The van der Waals surface area contributed by atoms with Crippen LogP contribution in [-0.2, 0) is 16.0 Å². The van der Waals surface area contributed by atoms with Crippen molar-refractivity contribution < 1.29 is 9.53 Å². The number of benzene rings is 2. The molecular formula is C21H23N3O2. The van der Waals surface area contributed by atoms with E-state index < -0.39 is 0 Å². The van der Waals surface area contributed by atoms with E-state index in [1.165, 1.54) is 0 Å². The molecule has 0 bridgehead atoms. The number of rotatable bonds is 6. The van der Waals surface area contributed by atoms with E-state index in [2.05, 4.69) is 16.3 Å². The van der Waals surface area contributed by atoms with Gasteiger partial charge in [0.2, 0.25) is 5.91 Å². The molecule has 0 aliphatic carbocycles. The average Bonchev–Trinajstić information content (AvgIpc) is 3.16. The number of hydrogen-bond donors (Lipinski definition) is 1. The Morgan fingerprint density at radius 1 is 1.23 bits per heavy atom. The summed E-state index contributed by atoms with van der Waals surface area (Å²) in [6.45, 7) is 1.90. The summed E-state index contributed by atoms with van der Waals surface area (Å²) in [5.41, 5.74) is 3.64. The molecule has 1 aliphatic rings. The van der Waals surface area contributed by atoms with Crippen LogP contribution in [0.1, 0.15) is 24.0 Å². The second kappa shape index (κ2) is 8.50. The summed E-state index contributed by atoms with van der Waals surface area (Å²) in [6, 6.07) is 17.4. The number of anilines is 2. The van der Waals surface area contributed by atoms with Crippen molar-refractivity contribution in [2.45, 2.75) is 25.4 Å². The monoisotopic (exact) mass is 349 g/mol. The average molecular weight is 349 g/mol. The SMILES string of the molecule is COC1CCN(c2ccc(NC(=O)CCc3ccc(C#N)cc3)cc2)C1. The van der Waals surface area contributed by atoms with Crippen molar-refractivity contribution in [3.63, 3.8) is 0 Å². The molecule has 26 heavy (non-hydrogen) atoms. The number of nitrogens with zero attached hydrogens (tertiary/aromatic N) is 2. The van der Waals surface area contributed by atoms with Crippen molar-refractivity contribution in [1.29, 1.82) is 5.26 Å². The molecular weight excluding hydrogens is 326 g/mol. The van der Waals surface area contributed by atoms with Gasteiger partial charge in [0.25, 0.3) is 0 Å². The molecule has 0 spiro atoms. The van der Waals surface area contributed by atoms with Gasteiger partial charge in [-0.05, 0) is 54.8 Å². The van der Waals surface area contributed by atoms with Crippen LogP contribution in [0.2, 0.25) is 0 Å². The molecule has 3 rings (SSSR count). The van der Waals surface area contributed by atoms with Gasteiger partial charge in [-0.15, -0.1) is 0 Å². The summed E-state index contributed by atoms with van der Waals surface area (Å²) in [7, 11) is 1.75. The summed E-state index contributed by atoms with van der Waals surface area (Å²) in [5.74, 6) is -0.0114. The summed E-state index contributed by atoms with van der Waals surface area (Å²) in [5, 5.41) is 11.7. The first-order valence-corrected chi connectivity index (χ1v) is 8.84. The van der Waals surface area contributed by atoms with Gasteiger partial charge in [0.1, 0.15) is 0 Å². The van der Waals surface area contributed by atoms with E-state index in [0.717, 1.165) is 36.4 Å². The summed E-state index contributed by atoms with van der Waals surface area (Å²) >= 11 is 0. The Bertz CT molecular complexity index is 778. The van der Waals surface area contributed by atoms with E-state index in [0.29, 0.717) is 24.5 Å². The predicted molar refractivity (Wildman–Crippen MR) is 102 cm³/mol. The molecule has 1 atom stereocenters. The molecule has 0 radical (unpaired) electrons. The van der Waals surface area contributed by atoms with Crippen molar-refractivity contribution >= 4 is 17.3 Å². The van der Waals surface area contributed by atoms with E-state index in [4.69, 9.17) is 10.00 Å². The molecule has 5 heteroatoms. The van der Waals surface area contributed by atoms with Crippen molar-refractivity contribution in [3.05, 3.63) is 59.7 Å². The first-order valence-electron chi connectivity index (χ1n) is 8.84. The van der Waals surface area contributed by atoms with Gasteiger partial charge >= 0.3 is 0 Å². The fourth-order valence-electron chi connectivity index (χ4n) is 3.14. The molecule has 0 saturated carbocycles. The minimum absolute atomic E-state index is 0.0114. The van der Waals surface area contributed by atoms with Gasteiger partial charge in [0, 0.05) is 38.0 Å². The van der Waals surface area contributed by atoms with Gasteiger partial charge in [-0.2, -0.15) is 5.26 Å². The highest BCUT2D eigenvalue weighted by Gasteiger charge is 2.22. The van der Waals surface area contributed by atoms with Crippen LogP contribution in [0.5, 0.6) is 0 Å². The Labute approximate surface area is 154 Å². The van der Waals surface area contributed by atoms with E-state index in [9.17, 15) is 4.79 Å². The maximum Gasteiger partial charge on any atom is 0.224 e. The molecule has 1 amide bonds. The standard InChI is InChI=1S/C21H23N3O2/c1-26-20-12-13-24(15-20)19-9-7-18(8-10-19)23-21(25)11-6-16-2-4-17(14-22)5-3-16/h2-5,7-10,20H,6,11-13,15H2,1H3,(H,23,25). The van der Waals surface area contributed by atoms with Crippen LogP contribution in [0, 0.1) is 11.3 Å². The minimum atomic E-state index is -0.0114. The minimum Gasteiger partial charge on any atom is -0.380 e. The Morgan fingerprint density at radius 3 is 2.58 bits per heavy atom. The molecule has 5 nitrogen and oxygen atoms in total. The number of methoxy groups -OCH3 is 1. The van der Waals surface area contributed by atoms with Crippen LogP contribution in [0.25, 0.3) is 0 Å². The molecule has 1 saturated heterocycles.